The molecule has 1 aliphatic rings. The quantitative estimate of drug-likeness (QED) is 0.635. The van der Waals surface area contributed by atoms with Crippen molar-refractivity contribution in [3.63, 3.8) is 0 Å². The third-order valence-corrected chi connectivity index (χ3v) is 7.94. The molecule has 0 radical (unpaired) electrons. The number of sulfonamides is 1. The lowest BCUT2D eigenvalue weighted by Gasteiger charge is -2.31. The maximum atomic E-state index is 13.0. The maximum absolute atomic E-state index is 13.0. The summed E-state index contributed by atoms with van der Waals surface area (Å²) in [6.07, 6.45) is 3.95. The number of fused-ring (bicyclic) bond motifs is 1. The fourth-order valence-electron chi connectivity index (χ4n) is 3.48. The lowest BCUT2D eigenvalue weighted by Crippen LogP contribution is -2.50. The number of thiophene rings is 2. The Morgan fingerprint density at radius 1 is 1.38 bits per heavy atom. The minimum atomic E-state index is -3.29. The molecule has 1 amide bonds. The van der Waals surface area contributed by atoms with Gasteiger partial charge in [0.2, 0.25) is 15.9 Å². The fraction of sp³-hybridized carbons (Fsp3) is 0.389. The van der Waals surface area contributed by atoms with Crippen molar-refractivity contribution in [3.05, 3.63) is 39.6 Å². The molecule has 1 unspecified atom stereocenters. The molecule has 1 atom stereocenters. The summed E-state index contributed by atoms with van der Waals surface area (Å²) in [5.74, 6) is -0.332. The second kappa shape index (κ2) is 7.98. The van der Waals surface area contributed by atoms with Crippen LogP contribution in [0.1, 0.15) is 12.8 Å². The lowest BCUT2D eigenvalue weighted by atomic mass is 10.1. The van der Waals surface area contributed by atoms with Crippen molar-refractivity contribution in [2.45, 2.75) is 25.4 Å². The number of nitrogens with zero attached hydrogens (tertiary/aromatic N) is 3. The minimum Gasteiger partial charge on any atom is -0.350 e. The highest BCUT2D eigenvalue weighted by atomic mass is 32.2. The van der Waals surface area contributed by atoms with E-state index < -0.39 is 10.0 Å². The Bertz CT molecular complexity index is 1200. The molecule has 1 saturated heterocycles. The number of nitrogens with one attached hydrogen (secondary N) is 1. The Morgan fingerprint density at radius 3 is 2.93 bits per heavy atom. The van der Waals surface area contributed by atoms with Gasteiger partial charge in [0.05, 0.1) is 18.0 Å². The first-order valence-corrected chi connectivity index (χ1v) is 12.7. The normalized spacial score (nSPS) is 18.2. The number of carbonyl (C=O) groups excluding carboxylic acids is 1. The largest absolute Gasteiger partial charge is 0.350 e. The number of carbonyl (C=O) groups is 1. The van der Waals surface area contributed by atoms with Crippen molar-refractivity contribution < 1.29 is 13.2 Å². The van der Waals surface area contributed by atoms with Crippen LogP contribution in [-0.4, -0.2) is 53.6 Å². The smallest absolute Gasteiger partial charge is 0.263 e. The number of hydrogen-bond acceptors (Lipinski definition) is 7. The molecule has 3 aromatic rings. The van der Waals surface area contributed by atoms with Crippen LogP contribution >= 0.6 is 22.7 Å². The minimum absolute atomic E-state index is 0.156. The summed E-state index contributed by atoms with van der Waals surface area (Å²) in [5, 5.41) is 7.24. The van der Waals surface area contributed by atoms with Crippen molar-refractivity contribution in [1.29, 1.82) is 0 Å². The molecular formula is C18H20N4O4S3. The molecule has 154 valence electrons. The van der Waals surface area contributed by atoms with E-state index in [1.807, 2.05) is 22.9 Å². The van der Waals surface area contributed by atoms with Crippen molar-refractivity contribution in [2.24, 2.45) is 0 Å². The third-order valence-electron chi connectivity index (χ3n) is 4.88. The molecule has 0 bridgehead atoms. The van der Waals surface area contributed by atoms with E-state index in [1.54, 1.807) is 11.3 Å². The monoisotopic (exact) mass is 452 g/mol. The molecule has 1 N–H and O–H groups in total. The molecule has 1 aliphatic heterocycles. The van der Waals surface area contributed by atoms with Crippen LogP contribution in [0.5, 0.6) is 0 Å². The highest BCUT2D eigenvalue weighted by Crippen LogP contribution is 2.33. The average molecular weight is 453 g/mol. The van der Waals surface area contributed by atoms with Crippen LogP contribution in [0.2, 0.25) is 0 Å². The number of rotatable bonds is 5. The highest BCUT2D eigenvalue weighted by Gasteiger charge is 2.27. The van der Waals surface area contributed by atoms with Crippen LogP contribution < -0.4 is 10.9 Å². The summed E-state index contributed by atoms with van der Waals surface area (Å²) in [6.45, 7) is 0.565. The van der Waals surface area contributed by atoms with Gasteiger partial charge in [0, 0.05) is 35.0 Å². The van der Waals surface area contributed by atoms with E-state index in [-0.39, 0.29) is 30.6 Å². The molecule has 11 heteroatoms. The molecule has 0 aliphatic carbocycles. The van der Waals surface area contributed by atoms with E-state index in [9.17, 15) is 18.0 Å². The van der Waals surface area contributed by atoms with Gasteiger partial charge in [-0.2, -0.15) is 0 Å². The first kappa shape index (κ1) is 20.2. The second-order valence-electron chi connectivity index (χ2n) is 7.01. The van der Waals surface area contributed by atoms with Crippen LogP contribution in [-0.2, 0) is 21.4 Å². The van der Waals surface area contributed by atoms with E-state index in [0.29, 0.717) is 29.6 Å². The third kappa shape index (κ3) is 4.27. The van der Waals surface area contributed by atoms with Crippen molar-refractivity contribution in [2.75, 3.05) is 19.3 Å². The van der Waals surface area contributed by atoms with Crippen LogP contribution in [0.25, 0.3) is 20.7 Å². The zero-order valence-electron chi connectivity index (χ0n) is 15.7. The first-order valence-electron chi connectivity index (χ1n) is 9.08. The van der Waals surface area contributed by atoms with E-state index in [0.717, 1.165) is 10.4 Å². The summed E-state index contributed by atoms with van der Waals surface area (Å²) in [6, 6.07) is 3.61. The van der Waals surface area contributed by atoms with Gasteiger partial charge in [-0.05, 0) is 24.3 Å². The number of hydrogen-bond donors (Lipinski definition) is 1. The Hall–Kier alpha value is -2.08. The van der Waals surface area contributed by atoms with Gasteiger partial charge in [-0.1, -0.05) is 6.07 Å². The zero-order valence-corrected chi connectivity index (χ0v) is 18.1. The highest BCUT2D eigenvalue weighted by molar-refractivity contribution is 7.88. The molecule has 4 heterocycles. The molecule has 8 nitrogen and oxygen atoms in total. The number of piperidine rings is 1. The van der Waals surface area contributed by atoms with Gasteiger partial charge in [0.1, 0.15) is 11.4 Å². The zero-order chi connectivity index (χ0) is 20.6. The molecule has 0 saturated carbocycles. The summed E-state index contributed by atoms with van der Waals surface area (Å²) >= 11 is 2.95. The molecule has 0 spiro atoms. The summed E-state index contributed by atoms with van der Waals surface area (Å²) in [4.78, 5) is 31.5. The average Bonchev–Trinajstić information content (AvgIpc) is 3.33. The predicted octanol–water partition coefficient (Wildman–Crippen LogP) is 1.73. The first-order chi connectivity index (χ1) is 13.8. The molecule has 4 rings (SSSR count). The molecule has 3 aromatic heterocycles. The Balaban J connectivity index is 1.52. The summed E-state index contributed by atoms with van der Waals surface area (Å²) < 4.78 is 26.2. The topological polar surface area (TPSA) is 101 Å². The number of aromatic nitrogens is 2. The Labute approximate surface area is 175 Å². The van der Waals surface area contributed by atoms with Crippen LogP contribution in [0.3, 0.4) is 0 Å². The van der Waals surface area contributed by atoms with E-state index in [1.165, 1.54) is 32.8 Å². The van der Waals surface area contributed by atoms with Gasteiger partial charge in [0.15, 0.2) is 0 Å². The van der Waals surface area contributed by atoms with Gasteiger partial charge < -0.3 is 5.32 Å². The van der Waals surface area contributed by atoms with E-state index in [2.05, 4.69) is 10.3 Å². The van der Waals surface area contributed by atoms with Gasteiger partial charge in [-0.15, -0.1) is 22.7 Å². The molecule has 1 fully saturated rings. The predicted molar refractivity (Wildman–Crippen MR) is 115 cm³/mol. The Morgan fingerprint density at radius 2 is 2.21 bits per heavy atom. The molecule has 0 aromatic carbocycles. The van der Waals surface area contributed by atoms with Gasteiger partial charge >= 0.3 is 0 Å². The van der Waals surface area contributed by atoms with E-state index >= 15 is 0 Å². The summed E-state index contributed by atoms with van der Waals surface area (Å²) in [7, 11) is -3.29. The van der Waals surface area contributed by atoms with Crippen molar-refractivity contribution in [3.8, 4) is 10.4 Å². The van der Waals surface area contributed by atoms with Crippen LogP contribution in [0, 0.1) is 0 Å². The van der Waals surface area contributed by atoms with Gasteiger partial charge in [0.25, 0.3) is 5.56 Å². The second-order valence-corrected chi connectivity index (χ2v) is 10.8. The van der Waals surface area contributed by atoms with Gasteiger partial charge in [-0.25, -0.2) is 17.7 Å². The van der Waals surface area contributed by atoms with E-state index in [4.69, 9.17) is 0 Å². The summed E-state index contributed by atoms with van der Waals surface area (Å²) in [5.41, 5.74) is 0.583. The fourth-order valence-corrected chi connectivity index (χ4v) is 6.12. The lowest BCUT2D eigenvalue weighted by molar-refractivity contribution is -0.122. The maximum Gasteiger partial charge on any atom is 0.263 e. The SMILES string of the molecule is CS(=O)(=O)N1CCCC(NC(=O)Cn2cnc3scc(-c4cccs4)c3c2=O)C1. The van der Waals surface area contributed by atoms with Gasteiger partial charge in [-0.3, -0.25) is 14.2 Å². The standard InChI is InChI=1S/C18H20N4O4S3/c1-29(25,26)22-6-2-4-12(8-22)20-15(23)9-21-11-19-17-16(18(21)24)13(10-28-17)14-5-3-7-27-14/h3,5,7,10-12H,2,4,6,8-9H2,1H3,(H,20,23). The Kier molecular flexibility index (Phi) is 5.56. The van der Waals surface area contributed by atoms with Crippen molar-refractivity contribution in [1.82, 2.24) is 19.2 Å². The molecular weight excluding hydrogens is 432 g/mol. The van der Waals surface area contributed by atoms with Crippen LogP contribution in [0.4, 0.5) is 0 Å². The van der Waals surface area contributed by atoms with Crippen molar-refractivity contribution >= 4 is 48.8 Å². The molecule has 29 heavy (non-hydrogen) atoms. The number of amides is 1. The van der Waals surface area contributed by atoms with Crippen LogP contribution in [0.15, 0.2) is 34.0 Å².